The van der Waals surface area contributed by atoms with Crippen LogP contribution in [0.1, 0.15) is 19.0 Å². The summed E-state index contributed by atoms with van der Waals surface area (Å²) in [5.41, 5.74) is 1.78. The van der Waals surface area contributed by atoms with Gasteiger partial charge in [-0.25, -0.2) is 0 Å². The van der Waals surface area contributed by atoms with Gasteiger partial charge in [-0.3, -0.25) is 9.78 Å². The van der Waals surface area contributed by atoms with Gasteiger partial charge in [-0.05, 0) is 67.6 Å². The fraction of sp³-hybridized carbons (Fsp3) is 0.217. The van der Waals surface area contributed by atoms with Crippen LogP contribution in [0, 0.1) is 0 Å². The van der Waals surface area contributed by atoms with Gasteiger partial charge in [0, 0.05) is 29.8 Å². The van der Waals surface area contributed by atoms with Crippen molar-refractivity contribution in [2.24, 2.45) is 0 Å². The lowest BCUT2D eigenvalue weighted by atomic mass is 10.3. The number of hydrogen-bond acceptors (Lipinski definition) is 5. The monoisotopic (exact) mass is 408 g/mol. The van der Waals surface area contributed by atoms with Crippen LogP contribution in [-0.4, -0.2) is 23.3 Å². The number of aromatic nitrogens is 1. The number of carbonyl (C=O) groups excluding carboxylic acids is 1. The van der Waals surface area contributed by atoms with E-state index in [1.807, 2.05) is 73.7 Å². The summed E-state index contributed by atoms with van der Waals surface area (Å²) in [4.78, 5) is 16.4. The summed E-state index contributed by atoms with van der Waals surface area (Å²) >= 11 is 1.70. The predicted octanol–water partition coefficient (Wildman–Crippen LogP) is 5.53. The van der Waals surface area contributed by atoms with Crippen molar-refractivity contribution in [3.05, 3.63) is 78.6 Å². The van der Waals surface area contributed by atoms with E-state index >= 15 is 0 Å². The van der Waals surface area contributed by atoms with Crippen LogP contribution in [0.15, 0.2) is 72.9 Å². The zero-order valence-electron chi connectivity index (χ0n) is 16.3. The average molecular weight is 409 g/mol. The summed E-state index contributed by atoms with van der Waals surface area (Å²) in [7, 11) is 0. The molecule has 0 atom stereocenters. The maximum atomic E-state index is 12.1. The number of pyridine rings is 1. The predicted molar refractivity (Wildman–Crippen MR) is 118 cm³/mol. The van der Waals surface area contributed by atoms with E-state index in [2.05, 4.69) is 10.3 Å². The number of ether oxygens (including phenoxy) is 2. The molecule has 1 heterocycles. The summed E-state index contributed by atoms with van der Waals surface area (Å²) < 4.78 is 11.2. The van der Waals surface area contributed by atoms with Gasteiger partial charge in [-0.2, -0.15) is 11.8 Å². The van der Waals surface area contributed by atoms with Crippen molar-refractivity contribution >= 4 is 23.4 Å². The van der Waals surface area contributed by atoms with Crippen LogP contribution in [0.3, 0.4) is 0 Å². The first-order chi connectivity index (χ1) is 14.2. The van der Waals surface area contributed by atoms with Crippen LogP contribution in [0.5, 0.6) is 17.2 Å². The van der Waals surface area contributed by atoms with E-state index in [1.54, 1.807) is 18.0 Å². The highest BCUT2D eigenvalue weighted by Crippen LogP contribution is 2.25. The number of thioether (sulfide) groups is 1. The Morgan fingerprint density at radius 1 is 0.966 bits per heavy atom. The summed E-state index contributed by atoms with van der Waals surface area (Å²) in [5, 5.41) is 2.91. The van der Waals surface area contributed by atoms with Crippen LogP contribution in [0.2, 0.25) is 0 Å². The number of anilines is 1. The molecule has 2 aromatic carbocycles. The molecule has 0 fully saturated rings. The van der Waals surface area contributed by atoms with Gasteiger partial charge >= 0.3 is 0 Å². The highest BCUT2D eigenvalue weighted by atomic mass is 32.2. The molecule has 3 aromatic rings. The summed E-state index contributed by atoms with van der Waals surface area (Å²) in [6, 6.07) is 20.7. The third-order valence-electron chi connectivity index (χ3n) is 3.96. The first-order valence-corrected chi connectivity index (χ1v) is 10.7. The Hall–Kier alpha value is -2.99. The van der Waals surface area contributed by atoms with Crippen LogP contribution in [-0.2, 0) is 10.5 Å². The molecule has 29 heavy (non-hydrogen) atoms. The molecule has 1 N–H and O–H groups in total. The van der Waals surface area contributed by atoms with Crippen molar-refractivity contribution in [3.8, 4) is 17.2 Å². The van der Waals surface area contributed by atoms with Gasteiger partial charge in [0.25, 0.3) is 0 Å². The fourth-order valence-corrected chi connectivity index (χ4v) is 3.42. The third kappa shape index (κ3) is 7.16. The summed E-state index contributed by atoms with van der Waals surface area (Å²) in [6.45, 7) is 2.59. The standard InChI is InChI=1S/C23H24N2O3S/c1-2-27-20-10-12-22(13-11-20)28-21-8-6-18(7-9-21)25-23(26)14-16-29-17-19-5-3-4-15-24-19/h3-13,15H,2,14,16-17H2,1H3,(H,25,26). The summed E-state index contributed by atoms with van der Waals surface area (Å²) in [6.07, 6.45) is 2.24. The molecule has 1 amide bonds. The molecular formula is C23H24N2O3S. The van der Waals surface area contributed by atoms with Gasteiger partial charge in [-0.15, -0.1) is 0 Å². The molecule has 0 unspecified atom stereocenters. The molecule has 1 aromatic heterocycles. The SMILES string of the molecule is CCOc1ccc(Oc2ccc(NC(=O)CCSCc3ccccn3)cc2)cc1. The smallest absolute Gasteiger partial charge is 0.225 e. The Labute approximate surface area is 175 Å². The molecule has 5 nitrogen and oxygen atoms in total. The lowest BCUT2D eigenvalue weighted by Gasteiger charge is -2.09. The summed E-state index contributed by atoms with van der Waals surface area (Å²) in [5.74, 6) is 3.82. The van der Waals surface area contributed by atoms with Crippen LogP contribution < -0.4 is 14.8 Å². The molecule has 0 aliphatic carbocycles. The number of nitrogens with one attached hydrogen (secondary N) is 1. The van der Waals surface area contributed by atoms with Gasteiger partial charge in [0.15, 0.2) is 0 Å². The lowest BCUT2D eigenvalue weighted by molar-refractivity contribution is -0.115. The minimum Gasteiger partial charge on any atom is -0.494 e. The molecule has 0 aliphatic heterocycles. The van der Waals surface area contributed by atoms with E-state index in [4.69, 9.17) is 9.47 Å². The second-order valence-corrected chi connectivity index (χ2v) is 7.31. The molecule has 0 saturated heterocycles. The molecule has 0 bridgehead atoms. The molecular weight excluding hydrogens is 384 g/mol. The molecule has 0 radical (unpaired) electrons. The minimum absolute atomic E-state index is 0.00120. The Morgan fingerprint density at radius 3 is 2.31 bits per heavy atom. The van der Waals surface area contributed by atoms with Crippen molar-refractivity contribution in [1.82, 2.24) is 4.98 Å². The van der Waals surface area contributed by atoms with Crippen LogP contribution in [0.25, 0.3) is 0 Å². The van der Waals surface area contributed by atoms with Crippen molar-refractivity contribution in [2.75, 3.05) is 17.7 Å². The zero-order chi connectivity index (χ0) is 20.3. The molecule has 0 saturated carbocycles. The topological polar surface area (TPSA) is 60.5 Å². The van der Waals surface area contributed by atoms with E-state index in [-0.39, 0.29) is 5.91 Å². The van der Waals surface area contributed by atoms with E-state index < -0.39 is 0 Å². The maximum Gasteiger partial charge on any atom is 0.225 e. The molecule has 0 aliphatic rings. The molecule has 6 heteroatoms. The number of hydrogen-bond donors (Lipinski definition) is 1. The number of nitrogens with zero attached hydrogens (tertiary/aromatic N) is 1. The van der Waals surface area contributed by atoms with Crippen LogP contribution >= 0.6 is 11.8 Å². The van der Waals surface area contributed by atoms with Gasteiger partial charge < -0.3 is 14.8 Å². The number of benzene rings is 2. The van der Waals surface area contributed by atoms with Crippen LogP contribution in [0.4, 0.5) is 5.69 Å². The Kier molecular flexibility index (Phi) is 7.95. The van der Waals surface area contributed by atoms with E-state index in [0.29, 0.717) is 18.8 Å². The first-order valence-electron chi connectivity index (χ1n) is 9.51. The van der Waals surface area contributed by atoms with Gasteiger partial charge in [0.2, 0.25) is 5.91 Å². The molecule has 150 valence electrons. The quantitative estimate of drug-likeness (QED) is 0.447. The number of carbonyl (C=O) groups is 1. The van der Waals surface area contributed by atoms with Gasteiger partial charge in [0.05, 0.1) is 12.3 Å². The maximum absolute atomic E-state index is 12.1. The minimum atomic E-state index is -0.00120. The first kappa shape index (κ1) is 20.7. The van der Waals surface area contributed by atoms with E-state index in [0.717, 1.165) is 34.4 Å². The normalized spacial score (nSPS) is 10.4. The van der Waals surface area contributed by atoms with Crippen molar-refractivity contribution in [2.45, 2.75) is 19.1 Å². The Morgan fingerprint density at radius 2 is 1.66 bits per heavy atom. The highest BCUT2D eigenvalue weighted by molar-refractivity contribution is 7.98. The number of amides is 1. The molecule has 3 rings (SSSR count). The van der Waals surface area contributed by atoms with Gasteiger partial charge in [0.1, 0.15) is 17.2 Å². The average Bonchev–Trinajstić information content (AvgIpc) is 2.75. The van der Waals surface area contributed by atoms with Crippen molar-refractivity contribution in [3.63, 3.8) is 0 Å². The second-order valence-electron chi connectivity index (χ2n) is 6.20. The van der Waals surface area contributed by atoms with E-state index in [9.17, 15) is 4.79 Å². The highest BCUT2D eigenvalue weighted by Gasteiger charge is 2.04. The van der Waals surface area contributed by atoms with Crippen molar-refractivity contribution < 1.29 is 14.3 Å². The Balaban J connectivity index is 1.40. The fourth-order valence-electron chi connectivity index (χ4n) is 2.56. The lowest BCUT2D eigenvalue weighted by Crippen LogP contribution is -2.12. The second kappa shape index (κ2) is 11.1. The Bertz CT molecular complexity index is 884. The number of rotatable bonds is 10. The van der Waals surface area contributed by atoms with E-state index in [1.165, 1.54) is 0 Å². The van der Waals surface area contributed by atoms with Crippen molar-refractivity contribution in [1.29, 1.82) is 0 Å². The molecule has 0 spiro atoms. The zero-order valence-corrected chi connectivity index (χ0v) is 17.2. The largest absolute Gasteiger partial charge is 0.494 e. The van der Waals surface area contributed by atoms with Gasteiger partial charge in [-0.1, -0.05) is 6.07 Å². The third-order valence-corrected chi connectivity index (χ3v) is 4.95.